The highest BCUT2D eigenvalue weighted by Gasteiger charge is 2.30. The first-order valence-electron chi connectivity index (χ1n) is 10.4. The molecule has 4 rings (SSSR count). The van der Waals surface area contributed by atoms with E-state index >= 15 is 0 Å². The predicted molar refractivity (Wildman–Crippen MR) is 115 cm³/mol. The van der Waals surface area contributed by atoms with Crippen molar-refractivity contribution < 1.29 is 9.18 Å². The Morgan fingerprint density at radius 1 is 1.14 bits per heavy atom. The average Bonchev–Trinajstić information content (AvgIpc) is 2.72. The molecule has 1 aliphatic carbocycles. The molecule has 4 heteroatoms. The number of nitrogens with two attached hydrogens (primary N) is 1. The molecule has 1 fully saturated rings. The second kappa shape index (κ2) is 7.94. The van der Waals surface area contributed by atoms with Crippen molar-refractivity contribution in [2.24, 2.45) is 11.7 Å². The van der Waals surface area contributed by atoms with Gasteiger partial charge in [-0.25, -0.2) is 4.39 Å². The highest BCUT2D eigenvalue weighted by Crippen LogP contribution is 2.44. The number of carbonyl (C=O) groups is 1. The number of nitrogens with zero attached hydrogens (tertiary/aromatic N) is 1. The van der Waals surface area contributed by atoms with Gasteiger partial charge in [-0.2, -0.15) is 0 Å². The number of primary amides is 1. The first-order valence-corrected chi connectivity index (χ1v) is 10.4. The SMILES string of the molecule is Cc1cccc(C(N)=O)c1[C@H](C)C1CCC(c2ccnc3ccc(F)cc23)CC1. The molecule has 150 valence electrons. The minimum Gasteiger partial charge on any atom is -0.366 e. The summed E-state index contributed by atoms with van der Waals surface area (Å²) in [6, 6.07) is 12.7. The lowest BCUT2D eigenvalue weighted by atomic mass is 9.71. The zero-order valence-corrected chi connectivity index (χ0v) is 17.0. The number of amides is 1. The Morgan fingerprint density at radius 2 is 1.90 bits per heavy atom. The molecule has 29 heavy (non-hydrogen) atoms. The summed E-state index contributed by atoms with van der Waals surface area (Å²) in [6.45, 7) is 4.28. The largest absolute Gasteiger partial charge is 0.366 e. The van der Waals surface area contributed by atoms with Crippen molar-refractivity contribution in [1.82, 2.24) is 4.98 Å². The number of fused-ring (bicyclic) bond motifs is 1. The van der Waals surface area contributed by atoms with Gasteiger partial charge in [0.15, 0.2) is 0 Å². The summed E-state index contributed by atoms with van der Waals surface area (Å²) in [4.78, 5) is 16.3. The fraction of sp³-hybridized carbons (Fsp3) is 0.360. The maximum Gasteiger partial charge on any atom is 0.248 e. The number of pyridine rings is 1. The zero-order valence-electron chi connectivity index (χ0n) is 17.0. The molecule has 3 nitrogen and oxygen atoms in total. The summed E-state index contributed by atoms with van der Waals surface area (Å²) in [5.41, 5.74) is 10.6. The van der Waals surface area contributed by atoms with E-state index in [0.29, 0.717) is 17.4 Å². The van der Waals surface area contributed by atoms with Crippen molar-refractivity contribution in [3.05, 3.63) is 76.7 Å². The second-order valence-corrected chi connectivity index (χ2v) is 8.36. The van der Waals surface area contributed by atoms with Crippen LogP contribution in [0, 0.1) is 18.7 Å². The molecule has 1 saturated carbocycles. The Bertz CT molecular complexity index is 1050. The predicted octanol–water partition coefficient (Wildman–Crippen LogP) is 5.86. The van der Waals surface area contributed by atoms with Crippen LogP contribution >= 0.6 is 0 Å². The van der Waals surface area contributed by atoms with Gasteiger partial charge in [0.25, 0.3) is 0 Å². The van der Waals surface area contributed by atoms with E-state index in [4.69, 9.17) is 5.73 Å². The van der Waals surface area contributed by atoms with Crippen molar-refractivity contribution >= 4 is 16.8 Å². The minimum absolute atomic E-state index is 0.215. The molecule has 1 aliphatic rings. The molecule has 0 spiro atoms. The van der Waals surface area contributed by atoms with E-state index in [2.05, 4.69) is 24.9 Å². The van der Waals surface area contributed by atoms with Gasteiger partial charge in [0.05, 0.1) is 5.52 Å². The molecule has 1 atom stereocenters. The van der Waals surface area contributed by atoms with E-state index in [-0.39, 0.29) is 17.6 Å². The highest BCUT2D eigenvalue weighted by atomic mass is 19.1. The van der Waals surface area contributed by atoms with Crippen LogP contribution in [0.3, 0.4) is 0 Å². The van der Waals surface area contributed by atoms with Crippen molar-refractivity contribution in [2.75, 3.05) is 0 Å². The average molecular weight is 391 g/mol. The van der Waals surface area contributed by atoms with E-state index in [1.54, 1.807) is 12.1 Å². The number of hydrogen-bond donors (Lipinski definition) is 1. The number of benzene rings is 2. The Kier molecular flexibility index (Phi) is 5.35. The van der Waals surface area contributed by atoms with E-state index in [1.807, 2.05) is 24.4 Å². The molecular formula is C25H27FN2O. The van der Waals surface area contributed by atoms with Gasteiger partial charge in [0, 0.05) is 17.1 Å². The maximum atomic E-state index is 13.8. The summed E-state index contributed by atoms with van der Waals surface area (Å²) in [5, 5.41) is 0.930. The van der Waals surface area contributed by atoms with Crippen LogP contribution in [-0.4, -0.2) is 10.9 Å². The van der Waals surface area contributed by atoms with Crippen molar-refractivity contribution in [2.45, 2.75) is 51.4 Å². The molecule has 1 amide bonds. The molecule has 1 heterocycles. The molecule has 0 radical (unpaired) electrons. The number of hydrogen-bond acceptors (Lipinski definition) is 2. The number of rotatable bonds is 4. The second-order valence-electron chi connectivity index (χ2n) is 8.36. The van der Waals surface area contributed by atoms with Gasteiger partial charge < -0.3 is 5.73 Å². The lowest BCUT2D eigenvalue weighted by molar-refractivity contribution is 0.0998. The summed E-state index contributed by atoms with van der Waals surface area (Å²) in [5.74, 6) is 0.641. The van der Waals surface area contributed by atoms with E-state index in [1.165, 1.54) is 11.6 Å². The standard InChI is InChI=1S/C25H27FN2O/c1-15-4-3-5-21(25(27)29)24(15)16(2)17-6-8-18(9-7-17)20-12-13-28-23-11-10-19(26)14-22(20)23/h3-5,10-14,16-18H,6-9H2,1-2H3,(H2,27,29)/t16-,17?,18?/m1/s1. The van der Waals surface area contributed by atoms with Gasteiger partial charge >= 0.3 is 0 Å². The number of carbonyl (C=O) groups excluding carboxylic acids is 1. The van der Waals surface area contributed by atoms with E-state index < -0.39 is 0 Å². The third-order valence-corrected chi connectivity index (χ3v) is 6.70. The molecule has 0 aliphatic heterocycles. The van der Waals surface area contributed by atoms with Crippen LogP contribution in [0.2, 0.25) is 0 Å². The summed E-state index contributed by atoms with van der Waals surface area (Å²) < 4.78 is 13.8. The smallest absolute Gasteiger partial charge is 0.248 e. The monoisotopic (exact) mass is 390 g/mol. The third-order valence-electron chi connectivity index (χ3n) is 6.70. The van der Waals surface area contributed by atoms with Gasteiger partial charge in [-0.3, -0.25) is 9.78 Å². The van der Waals surface area contributed by atoms with Gasteiger partial charge in [-0.15, -0.1) is 0 Å². The van der Waals surface area contributed by atoms with Gasteiger partial charge in [-0.1, -0.05) is 19.1 Å². The van der Waals surface area contributed by atoms with Gasteiger partial charge in [0.2, 0.25) is 5.91 Å². The third kappa shape index (κ3) is 3.76. The topological polar surface area (TPSA) is 56.0 Å². The lowest BCUT2D eigenvalue weighted by Crippen LogP contribution is -2.22. The van der Waals surface area contributed by atoms with Gasteiger partial charge in [-0.05, 0) is 97.4 Å². The Morgan fingerprint density at radius 3 is 2.62 bits per heavy atom. The molecule has 0 saturated heterocycles. The Balaban J connectivity index is 1.55. The Labute approximate surface area is 171 Å². The number of aromatic nitrogens is 1. The molecule has 1 aromatic heterocycles. The molecule has 2 aromatic carbocycles. The van der Waals surface area contributed by atoms with Crippen LogP contribution in [-0.2, 0) is 0 Å². The van der Waals surface area contributed by atoms with Crippen LogP contribution in [0.1, 0.15) is 71.5 Å². The van der Waals surface area contributed by atoms with Crippen molar-refractivity contribution in [3.63, 3.8) is 0 Å². The normalized spacial score (nSPS) is 20.5. The summed E-state index contributed by atoms with van der Waals surface area (Å²) in [6.07, 6.45) is 6.11. The molecule has 2 N–H and O–H groups in total. The quantitative estimate of drug-likeness (QED) is 0.607. The Hall–Kier alpha value is -2.75. The first-order chi connectivity index (χ1) is 14.0. The van der Waals surface area contributed by atoms with Crippen molar-refractivity contribution in [1.29, 1.82) is 0 Å². The number of aryl methyl sites for hydroxylation is 1. The fourth-order valence-electron chi connectivity index (χ4n) is 5.16. The van der Waals surface area contributed by atoms with Crippen LogP contribution in [0.15, 0.2) is 48.7 Å². The summed E-state index contributed by atoms with van der Waals surface area (Å²) >= 11 is 0. The van der Waals surface area contributed by atoms with Crippen LogP contribution in [0.4, 0.5) is 4.39 Å². The highest BCUT2D eigenvalue weighted by molar-refractivity contribution is 5.94. The van der Waals surface area contributed by atoms with Crippen LogP contribution in [0.25, 0.3) is 10.9 Å². The van der Waals surface area contributed by atoms with E-state index in [0.717, 1.165) is 47.7 Å². The van der Waals surface area contributed by atoms with Crippen LogP contribution < -0.4 is 5.73 Å². The molecule has 3 aromatic rings. The number of halogens is 1. The van der Waals surface area contributed by atoms with Gasteiger partial charge in [0.1, 0.15) is 5.82 Å². The van der Waals surface area contributed by atoms with E-state index in [9.17, 15) is 9.18 Å². The van der Waals surface area contributed by atoms with Crippen LogP contribution in [0.5, 0.6) is 0 Å². The first kappa shape index (κ1) is 19.6. The summed E-state index contributed by atoms with van der Waals surface area (Å²) in [7, 11) is 0. The molecule has 0 bridgehead atoms. The molecular weight excluding hydrogens is 363 g/mol. The fourth-order valence-corrected chi connectivity index (χ4v) is 5.16. The zero-order chi connectivity index (χ0) is 20.5. The minimum atomic E-state index is -0.352. The van der Waals surface area contributed by atoms with Crippen molar-refractivity contribution in [3.8, 4) is 0 Å². The maximum absolute atomic E-state index is 13.8. The molecule has 0 unspecified atom stereocenters. The lowest BCUT2D eigenvalue weighted by Gasteiger charge is -2.34.